The summed E-state index contributed by atoms with van der Waals surface area (Å²) >= 11 is 1.30. The van der Waals surface area contributed by atoms with E-state index in [4.69, 9.17) is 4.74 Å². The average molecular weight is 481 g/mol. The Kier molecular flexibility index (Phi) is 7.95. The van der Waals surface area contributed by atoms with Crippen LogP contribution in [0.15, 0.2) is 66.0 Å². The Hall–Kier alpha value is -3.19. The molecule has 5 nitrogen and oxygen atoms in total. The lowest BCUT2D eigenvalue weighted by Crippen LogP contribution is -2.47. The third kappa shape index (κ3) is 5.65. The van der Waals surface area contributed by atoms with Gasteiger partial charge in [-0.3, -0.25) is 9.59 Å². The number of hydrogen-bond acceptors (Lipinski definition) is 4. The van der Waals surface area contributed by atoms with Gasteiger partial charge in [-0.05, 0) is 48.1 Å². The molecule has 1 fully saturated rings. The minimum atomic E-state index is -1.11. The van der Waals surface area contributed by atoms with Gasteiger partial charge in [-0.15, -0.1) is 11.3 Å². The first kappa shape index (κ1) is 24.0. The quantitative estimate of drug-likeness (QED) is 0.448. The topological polar surface area (TPSA) is 58.6 Å². The third-order valence-electron chi connectivity index (χ3n) is 6.19. The largest absolute Gasteiger partial charge is 0.497 e. The van der Waals surface area contributed by atoms with Gasteiger partial charge in [0.25, 0.3) is 5.91 Å². The number of halogens is 1. The van der Waals surface area contributed by atoms with Gasteiger partial charge in [-0.25, -0.2) is 4.39 Å². The standard InChI is InChI=1S/C27H29FN2O3S/c1-33-21-12-7-9-19(17-21)18-30(27(32)24-15-8-16-34-24)25(22-13-5-6-14-23(22)28)26(31)29-20-10-3-2-4-11-20/h5-9,12-17,20,25H,2-4,10-11,18H2,1H3,(H,29,31). The van der Waals surface area contributed by atoms with Gasteiger partial charge < -0.3 is 15.0 Å². The van der Waals surface area contributed by atoms with Crippen molar-refractivity contribution in [3.05, 3.63) is 87.9 Å². The molecule has 1 heterocycles. The molecule has 0 radical (unpaired) electrons. The molecule has 2 amide bonds. The van der Waals surface area contributed by atoms with Crippen molar-refractivity contribution in [2.75, 3.05) is 7.11 Å². The summed E-state index contributed by atoms with van der Waals surface area (Å²) in [5.41, 5.74) is 0.972. The summed E-state index contributed by atoms with van der Waals surface area (Å²) in [6.07, 6.45) is 5.05. The predicted octanol–water partition coefficient (Wildman–Crippen LogP) is 5.73. The second kappa shape index (κ2) is 11.3. The second-order valence-electron chi connectivity index (χ2n) is 8.53. The van der Waals surface area contributed by atoms with Crippen LogP contribution in [0.5, 0.6) is 5.75 Å². The van der Waals surface area contributed by atoms with Crippen LogP contribution in [0.2, 0.25) is 0 Å². The maximum atomic E-state index is 15.1. The molecule has 1 unspecified atom stereocenters. The van der Waals surface area contributed by atoms with Crippen molar-refractivity contribution in [3.8, 4) is 5.75 Å². The molecule has 1 aliphatic carbocycles. The van der Waals surface area contributed by atoms with Crippen LogP contribution in [0, 0.1) is 5.82 Å². The van der Waals surface area contributed by atoms with Crippen molar-refractivity contribution < 1.29 is 18.7 Å². The first-order chi connectivity index (χ1) is 16.6. The number of amides is 2. The fraction of sp³-hybridized carbons (Fsp3) is 0.333. The highest BCUT2D eigenvalue weighted by Crippen LogP contribution is 2.30. The summed E-state index contributed by atoms with van der Waals surface area (Å²) in [7, 11) is 1.58. The molecule has 7 heteroatoms. The van der Waals surface area contributed by atoms with Gasteiger partial charge in [-0.2, -0.15) is 0 Å². The molecule has 2 aromatic carbocycles. The molecular formula is C27H29FN2O3S. The molecule has 1 aliphatic rings. The lowest BCUT2D eigenvalue weighted by Gasteiger charge is -2.33. The fourth-order valence-electron chi connectivity index (χ4n) is 4.46. The lowest BCUT2D eigenvalue weighted by atomic mass is 9.94. The number of carbonyl (C=O) groups is 2. The molecule has 178 valence electrons. The van der Waals surface area contributed by atoms with E-state index in [-0.39, 0.29) is 30.0 Å². The Morgan fingerprint density at radius 3 is 2.59 bits per heavy atom. The number of hydrogen-bond donors (Lipinski definition) is 1. The molecule has 0 bridgehead atoms. The van der Waals surface area contributed by atoms with Crippen LogP contribution in [-0.4, -0.2) is 29.9 Å². The average Bonchev–Trinajstić information content (AvgIpc) is 3.40. The van der Waals surface area contributed by atoms with Crippen molar-refractivity contribution in [3.63, 3.8) is 0 Å². The summed E-state index contributed by atoms with van der Waals surface area (Å²) < 4.78 is 20.4. The highest BCUT2D eigenvalue weighted by atomic mass is 32.1. The zero-order valence-electron chi connectivity index (χ0n) is 19.2. The van der Waals surface area contributed by atoms with E-state index in [1.165, 1.54) is 22.3 Å². The van der Waals surface area contributed by atoms with Gasteiger partial charge in [0.05, 0.1) is 12.0 Å². The molecule has 0 spiro atoms. The van der Waals surface area contributed by atoms with Crippen LogP contribution in [0.25, 0.3) is 0 Å². The molecule has 0 saturated heterocycles. The van der Waals surface area contributed by atoms with E-state index in [1.807, 2.05) is 29.6 Å². The molecule has 4 rings (SSSR count). The first-order valence-corrected chi connectivity index (χ1v) is 12.5. The molecule has 34 heavy (non-hydrogen) atoms. The van der Waals surface area contributed by atoms with E-state index in [0.717, 1.165) is 37.7 Å². The predicted molar refractivity (Wildman–Crippen MR) is 131 cm³/mol. The van der Waals surface area contributed by atoms with E-state index in [9.17, 15) is 9.59 Å². The zero-order valence-corrected chi connectivity index (χ0v) is 20.0. The van der Waals surface area contributed by atoms with Gasteiger partial charge in [0, 0.05) is 18.2 Å². The number of ether oxygens (including phenoxy) is 1. The number of thiophene rings is 1. The summed E-state index contributed by atoms with van der Waals surface area (Å²) in [6.45, 7) is 0.130. The molecule has 1 N–H and O–H groups in total. The van der Waals surface area contributed by atoms with E-state index in [2.05, 4.69) is 5.32 Å². The third-order valence-corrected chi connectivity index (χ3v) is 7.05. The van der Waals surface area contributed by atoms with E-state index < -0.39 is 11.9 Å². The van der Waals surface area contributed by atoms with E-state index in [0.29, 0.717) is 10.6 Å². The minimum absolute atomic E-state index is 0.0334. The van der Waals surface area contributed by atoms with Crippen molar-refractivity contribution in [1.82, 2.24) is 10.2 Å². The summed E-state index contributed by atoms with van der Waals surface area (Å²) in [5, 5.41) is 4.93. The monoisotopic (exact) mass is 480 g/mol. The van der Waals surface area contributed by atoms with Crippen LogP contribution < -0.4 is 10.1 Å². The molecule has 1 aromatic heterocycles. The van der Waals surface area contributed by atoms with Crippen LogP contribution in [-0.2, 0) is 11.3 Å². The molecule has 0 aliphatic heterocycles. The van der Waals surface area contributed by atoms with Crippen molar-refractivity contribution in [2.24, 2.45) is 0 Å². The summed E-state index contributed by atoms with van der Waals surface area (Å²) in [4.78, 5) is 29.4. The maximum Gasteiger partial charge on any atom is 0.265 e. The highest BCUT2D eigenvalue weighted by Gasteiger charge is 2.35. The van der Waals surface area contributed by atoms with Gasteiger partial charge in [-0.1, -0.05) is 55.7 Å². The first-order valence-electron chi connectivity index (χ1n) is 11.6. The Morgan fingerprint density at radius 2 is 1.88 bits per heavy atom. The van der Waals surface area contributed by atoms with Crippen LogP contribution in [0.1, 0.15) is 58.9 Å². The van der Waals surface area contributed by atoms with Gasteiger partial charge in [0.1, 0.15) is 17.6 Å². The minimum Gasteiger partial charge on any atom is -0.497 e. The van der Waals surface area contributed by atoms with Gasteiger partial charge in [0.2, 0.25) is 5.91 Å². The fourth-order valence-corrected chi connectivity index (χ4v) is 5.14. The number of nitrogens with one attached hydrogen (secondary N) is 1. The Labute approximate surface area is 203 Å². The summed E-state index contributed by atoms with van der Waals surface area (Å²) in [5.74, 6) is -0.536. The number of rotatable bonds is 8. The Morgan fingerprint density at radius 1 is 1.09 bits per heavy atom. The normalized spacial score (nSPS) is 14.9. The number of carbonyl (C=O) groups excluding carboxylic acids is 2. The number of benzene rings is 2. The molecule has 3 aromatic rings. The molecule has 1 saturated carbocycles. The van der Waals surface area contributed by atoms with Gasteiger partial charge >= 0.3 is 0 Å². The van der Waals surface area contributed by atoms with Crippen molar-refractivity contribution in [2.45, 2.75) is 50.7 Å². The van der Waals surface area contributed by atoms with Crippen molar-refractivity contribution >= 4 is 23.2 Å². The SMILES string of the molecule is COc1cccc(CN(C(=O)c2cccs2)C(C(=O)NC2CCCCC2)c2ccccc2F)c1. The van der Waals surface area contributed by atoms with E-state index in [1.54, 1.807) is 37.4 Å². The van der Waals surface area contributed by atoms with Crippen LogP contribution >= 0.6 is 11.3 Å². The van der Waals surface area contributed by atoms with Crippen LogP contribution in [0.3, 0.4) is 0 Å². The Balaban J connectivity index is 1.75. The van der Waals surface area contributed by atoms with Gasteiger partial charge in [0.15, 0.2) is 0 Å². The zero-order chi connectivity index (χ0) is 23.9. The maximum absolute atomic E-state index is 15.1. The number of nitrogens with zero attached hydrogens (tertiary/aromatic N) is 1. The second-order valence-corrected chi connectivity index (χ2v) is 9.48. The van der Waals surface area contributed by atoms with Crippen molar-refractivity contribution in [1.29, 1.82) is 0 Å². The van der Waals surface area contributed by atoms with E-state index >= 15 is 4.39 Å². The molecular weight excluding hydrogens is 451 g/mol. The Bertz CT molecular complexity index is 1110. The smallest absolute Gasteiger partial charge is 0.265 e. The number of methoxy groups -OCH3 is 1. The highest BCUT2D eigenvalue weighted by molar-refractivity contribution is 7.12. The summed E-state index contributed by atoms with van der Waals surface area (Å²) in [6, 6.07) is 16.0. The van der Waals surface area contributed by atoms with Crippen LogP contribution in [0.4, 0.5) is 4.39 Å². The molecule has 1 atom stereocenters. The lowest BCUT2D eigenvalue weighted by molar-refractivity contribution is -0.127.